The van der Waals surface area contributed by atoms with Gasteiger partial charge in [0.25, 0.3) is 5.91 Å². The van der Waals surface area contributed by atoms with Crippen LogP contribution in [0, 0.1) is 0 Å². The normalized spacial score (nSPS) is 13.8. The minimum Gasteiger partial charge on any atom is -0.342 e. The van der Waals surface area contributed by atoms with Gasteiger partial charge in [0.1, 0.15) is 0 Å². The largest absolute Gasteiger partial charge is 0.342 e. The molecule has 0 atom stereocenters. The smallest absolute Gasteiger partial charge is 0.255 e. The van der Waals surface area contributed by atoms with Crippen LogP contribution >= 0.6 is 23.2 Å². The molecule has 2 aromatic rings. The number of carbonyl (C=O) groups is 2. The van der Waals surface area contributed by atoms with E-state index in [1.807, 2.05) is 17.0 Å². The lowest BCUT2D eigenvalue weighted by atomic mass is 10.1. The number of carbonyl (C=O) groups excluding carboxylic acids is 2. The molecule has 1 fully saturated rings. The van der Waals surface area contributed by atoms with E-state index in [0.29, 0.717) is 27.7 Å². The molecule has 1 aliphatic rings. The summed E-state index contributed by atoms with van der Waals surface area (Å²) >= 11 is 11.8. The van der Waals surface area contributed by atoms with Gasteiger partial charge in [-0.25, -0.2) is 0 Å². The molecule has 1 saturated heterocycles. The van der Waals surface area contributed by atoms with E-state index in [9.17, 15) is 9.59 Å². The Labute approximate surface area is 156 Å². The van der Waals surface area contributed by atoms with Crippen LogP contribution in [-0.4, -0.2) is 29.8 Å². The summed E-state index contributed by atoms with van der Waals surface area (Å²) in [4.78, 5) is 26.3. The van der Waals surface area contributed by atoms with Crippen LogP contribution in [-0.2, 0) is 11.2 Å². The minimum absolute atomic E-state index is 0.155. The van der Waals surface area contributed by atoms with Crippen LogP contribution in [0.1, 0.15) is 28.8 Å². The molecule has 2 amide bonds. The Kier molecular flexibility index (Phi) is 5.61. The first kappa shape index (κ1) is 17.8. The molecule has 4 nitrogen and oxygen atoms in total. The van der Waals surface area contributed by atoms with Crippen molar-refractivity contribution in [2.24, 2.45) is 0 Å². The first-order valence-electron chi connectivity index (χ1n) is 8.15. The zero-order valence-corrected chi connectivity index (χ0v) is 15.1. The summed E-state index contributed by atoms with van der Waals surface area (Å²) in [6.07, 6.45) is 2.56. The summed E-state index contributed by atoms with van der Waals surface area (Å²) in [5.74, 6) is -0.131. The monoisotopic (exact) mass is 376 g/mol. The van der Waals surface area contributed by atoms with E-state index in [-0.39, 0.29) is 11.8 Å². The first-order valence-corrected chi connectivity index (χ1v) is 8.91. The Balaban J connectivity index is 1.62. The second-order valence-corrected chi connectivity index (χ2v) is 6.95. The van der Waals surface area contributed by atoms with E-state index < -0.39 is 0 Å². The molecular formula is C19H18Cl2N2O2. The maximum absolute atomic E-state index is 12.3. The number of rotatable bonds is 4. The van der Waals surface area contributed by atoms with Crippen molar-refractivity contribution in [2.75, 3.05) is 18.4 Å². The minimum atomic E-state index is -0.287. The van der Waals surface area contributed by atoms with Crippen LogP contribution in [0.2, 0.25) is 10.0 Å². The molecule has 6 heteroatoms. The van der Waals surface area contributed by atoms with E-state index >= 15 is 0 Å². The molecule has 0 bridgehead atoms. The molecule has 1 N–H and O–H groups in total. The maximum atomic E-state index is 12.3. The first-order chi connectivity index (χ1) is 12.0. The van der Waals surface area contributed by atoms with Crippen LogP contribution in [0.3, 0.4) is 0 Å². The summed E-state index contributed by atoms with van der Waals surface area (Å²) in [6, 6.07) is 12.0. The Hall–Kier alpha value is -2.04. The third kappa shape index (κ3) is 4.74. The highest BCUT2D eigenvalue weighted by Gasteiger charge is 2.17. The molecule has 1 heterocycles. The predicted molar refractivity (Wildman–Crippen MR) is 100 cm³/mol. The van der Waals surface area contributed by atoms with Gasteiger partial charge in [-0.2, -0.15) is 0 Å². The van der Waals surface area contributed by atoms with Crippen molar-refractivity contribution in [3.63, 3.8) is 0 Å². The number of nitrogens with zero attached hydrogens (tertiary/aromatic N) is 1. The zero-order valence-electron chi connectivity index (χ0n) is 13.6. The Bertz CT molecular complexity index is 764. The van der Waals surface area contributed by atoms with Crippen LogP contribution in [0.15, 0.2) is 42.5 Å². The number of likely N-dealkylation sites (tertiary alicyclic amines) is 1. The molecule has 3 rings (SSSR count). The van der Waals surface area contributed by atoms with Crippen LogP contribution in [0.4, 0.5) is 5.69 Å². The lowest BCUT2D eigenvalue weighted by Gasteiger charge is -2.15. The molecule has 2 aromatic carbocycles. The SMILES string of the molecule is O=C(Nc1ccc(CC(=O)N2CCCC2)cc1)c1cc(Cl)cc(Cl)c1. The van der Waals surface area contributed by atoms with E-state index in [0.717, 1.165) is 31.5 Å². The van der Waals surface area contributed by atoms with Crippen molar-refractivity contribution in [2.45, 2.75) is 19.3 Å². The highest BCUT2D eigenvalue weighted by atomic mass is 35.5. The third-order valence-corrected chi connectivity index (χ3v) is 4.59. The number of hydrogen-bond acceptors (Lipinski definition) is 2. The summed E-state index contributed by atoms with van der Waals surface area (Å²) in [5, 5.41) is 3.62. The van der Waals surface area contributed by atoms with Crippen LogP contribution < -0.4 is 5.32 Å². The van der Waals surface area contributed by atoms with Gasteiger partial charge >= 0.3 is 0 Å². The van der Waals surface area contributed by atoms with Gasteiger partial charge in [0.15, 0.2) is 0 Å². The Morgan fingerprint density at radius 1 is 0.960 bits per heavy atom. The molecule has 1 aliphatic heterocycles. The number of hydrogen-bond donors (Lipinski definition) is 1. The number of benzene rings is 2. The van der Waals surface area contributed by atoms with Crippen molar-refractivity contribution in [3.8, 4) is 0 Å². The Morgan fingerprint density at radius 3 is 2.16 bits per heavy atom. The molecular weight excluding hydrogens is 359 g/mol. The average Bonchev–Trinajstić information content (AvgIpc) is 3.10. The van der Waals surface area contributed by atoms with Gasteiger partial charge in [0, 0.05) is 34.4 Å². The van der Waals surface area contributed by atoms with E-state index in [1.165, 1.54) is 0 Å². The molecule has 0 radical (unpaired) electrons. The number of halogens is 2. The molecule has 0 aromatic heterocycles. The third-order valence-electron chi connectivity index (χ3n) is 4.15. The average molecular weight is 377 g/mol. The Morgan fingerprint density at radius 2 is 1.56 bits per heavy atom. The van der Waals surface area contributed by atoms with E-state index in [1.54, 1.807) is 30.3 Å². The van der Waals surface area contributed by atoms with Gasteiger partial charge in [-0.3, -0.25) is 9.59 Å². The predicted octanol–water partition coefficient (Wildman–Crippen LogP) is 4.41. The van der Waals surface area contributed by atoms with Crippen molar-refractivity contribution >= 4 is 40.7 Å². The molecule has 0 saturated carbocycles. The highest BCUT2D eigenvalue weighted by molar-refractivity contribution is 6.35. The number of amides is 2. The number of nitrogens with one attached hydrogen (secondary N) is 1. The lowest BCUT2D eigenvalue weighted by Crippen LogP contribution is -2.29. The molecule has 0 unspecified atom stereocenters. The van der Waals surface area contributed by atoms with Crippen molar-refractivity contribution in [3.05, 3.63) is 63.6 Å². The second-order valence-electron chi connectivity index (χ2n) is 6.07. The maximum Gasteiger partial charge on any atom is 0.255 e. The second kappa shape index (κ2) is 7.89. The van der Waals surface area contributed by atoms with Crippen LogP contribution in [0.25, 0.3) is 0 Å². The molecule has 130 valence electrons. The topological polar surface area (TPSA) is 49.4 Å². The van der Waals surface area contributed by atoms with Gasteiger partial charge in [0.2, 0.25) is 5.91 Å². The highest BCUT2D eigenvalue weighted by Crippen LogP contribution is 2.20. The van der Waals surface area contributed by atoms with E-state index in [2.05, 4.69) is 5.32 Å². The summed E-state index contributed by atoms with van der Waals surface area (Å²) in [5.41, 5.74) is 1.98. The molecule has 0 aliphatic carbocycles. The van der Waals surface area contributed by atoms with Gasteiger partial charge < -0.3 is 10.2 Å². The fraction of sp³-hybridized carbons (Fsp3) is 0.263. The lowest BCUT2D eigenvalue weighted by molar-refractivity contribution is -0.129. The van der Waals surface area contributed by atoms with Crippen molar-refractivity contribution in [1.82, 2.24) is 4.90 Å². The molecule has 0 spiro atoms. The van der Waals surface area contributed by atoms with Gasteiger partial charge in [-0.05, 0) is 48.7 Å². The van der Waals surface area contributed by atoms with Crippen LogP contribution in [0.5, 0.6) is 0 Å². The van der Waals surface area contributed by atoms with Crippen molar-refractivity contribution < 1.29 is 9.59 Å². The zero-order chi connectivity index (χ0) is 17.8. The fourth-order valence-electron chi connectivity index (χ4n) is 2.85. The van der Waals surface area contributed by atoms with Crippen molar-refractivity contribution in [1.29, 1.82) is 0 Å². The standard InChI is InChI=1S/C19H18Cl2N2O2/c20-15-10-14(11-16(21)12-15)19(25)22-17-5-3-13(4-6-17)9-18(24)23-7-1-2-8-23/h3-6,10-12H,1-2,7-9H2,(H,22,25). The summed E-state index contributed by atoms with van der Waals surface area (Å²) < 4.78 is 0. The molecule has 25 heavy (non-hydrogen) atoms. The van der Waals surface area contributed by atoms with Gasteiger partial charge in [0.05, 0.1) is 6.42 Å². The fourth-order valence-corrected chi connectivity index (χ4v) is 3.37. The van der Waals surface area contributed by atoms with Gasteiger partial charge in [-0.15, -0.1) is 0 Å². The summed E-state index contributed by atoms with van der Waals surface area (Å²) in [7, 11) is 0. The van der Waals surface area contributed by atoms with E-state index in [4.69, 9.17) is 23.2 Å². The number of anilines is 1. The quantitative estimate of drug-likeness (QED) is 0.858. The van der Waals surface area contributed by atoms with Gasteiger partial charge in [-0.1, -0.05) is 35.3 Å². The summed E-state index contributed by atoms with van der Waals surface area (Å²) in [6.45, 7) is 1.71.